The van der Waals surface area contributed by atoms with Crippen LogP contribution in [0.1, 0.15) is 38.9 Å². The van der Waals surface area contributed by atoms with Gasteiger partial charge >= 0.3 is 7.19 Å². The van der Waals surface area contributed by atoms with E-state index < -0.39 is 27.4 Å². The molecule has 7 aromatic carbocycles. The fourth-order valence-corrected chi connectivity index (χ4v) is 9.56. The number of fused-ring (bicyclic) bond motifs is 13. The summed E-state index contributed by atoms with van der Waals surface area (Å²) in [6.45, 7) is 2.04. The van der Waals surface area contributed by atoms with E-state index in [0.717, 1.165) is 27.5 Å². The maximum atomic E-state index is 12.3. The zero-order valence-corrected chi connectivity index (χ0v) is 32.2. The number of rotatable bonds is 4. The van der Waals surface area contributed by atoms with Gasteiger partial charge in [0.2, 0.25) is 11.7 Å². The molecule has 12 rings (SSSR count). The van der Waals surface area contributed by atoms with E-state index in [9.17, 15) is 25.9 Å². The largest absolute Gasteiger partial charge is 0.801 e. The Morgan fingerprint density at radius 3 is 1.56 bits per heavy atom. The predicted molar refractivity (Wildman–Crippen MR) is 224 cm³/mol. The van der Waals surface area contributed by atoms with E-state index in [4.69, 9.17) is 24.6 Å². The van der Waals surface area contributed by atoms with Crippen molar-refractivity contribution in [2.24, 2.45) is 20.0 Å². The lowest BCUT2D eigenvalue weighted by Gasteiger charge is -2.19. The third-order valence-electron chi connectivity index (χ3n) is 11.3. The topological polar surface area (TPSA) is 173 Å². The third kappa shape index (κ3) is 5.04. The molecule has 0 saturated carbocycles. The van der Waals surface area contributed by atoms with Crippen LogP contribution in [0.15, 0.2) is 151 Å². The second-order valence-corrected chi connectivity index (χ2v) is 17.7. The molecule has 282 valence electrons. The van der Waals surface area contributed by atoms with E-state index >= 15 is 0 Å². The lowest BCUT2D eigenvalue weighted by atomic mass is 9.95. The summed E-state index contributed by atoms with van der Waals surface area (Å²) in [7, 11) is -9.98. The molecule has 0 saturated heterocycles. The monoisotopic (exact) mass is 812 g/mol. The highest BCUT2D eigenvalue weighted by Crippen LogP contribution is 2.37. The van der Waals surface area contributed by atoms with Gasteiger partial charge in [-0.3, -0.25) is 9.11 Å². The van der Waals surface area contributed by atoms with Crippen molar-refractivity contribution in [3.8, 4) is 5.75 Å². The molecule has 5 heterocycles. The molecule has 7 aromatic rings. The van der Waals surface area contributed by atoms with Crippen LogP contribution in [0.2, 0.25) is 0 Å². The molecule has 0 atom stereocenters. The van der Waals surface area contributed by atoms with Crippen molar-refractivity contribution in [2.75, 3.05) is 0 Å². The van der Waals surface area contributed by atoms with Crippen LogP contribution in [0.5, 0.6) is 5.75 Å². The van der Waals surface area contributed by atoms with Crippen molar-refractivity contribution in [1.82, 2.24) is 0 Å². The van der Waals surface area contributed by atoms with Crippen LogP contribution in [-0.4, -0.2) is 77.1 Å². The van der Waals surface area contributed by atoms with Gasteiger partial charge in [-0.1, -0.05) is 69.1 Å². The van der Waals surface area contributed by atoms with Gasteiger partial charge < -0.3 is 4.65 Å². The second-order valence-electron chi connectivity index (χ2n) is 14.9. The molecule has 0 aliphatic carbocycles. The maximum absolute atomic E-state index is 12.3. The van der Waals surface area contributed by atoms with Crippen molar-refractivity contribution in [2.45, 2.75) is 16.7 Å². The van der Waals surface area contributed by atoms with E-state index in [1.54, 1.807) is 12.1 Å². The minimum atomic E-state index is -4.50. The fourth-order valence-electron chi connectivity index (χ4n) is 8.53. The number of aliphatic imine (C=N–C) groups is 4. The first kappa shape index (κ1) is 34.1. The van der Waals surface area contributed by atoms with Crippen LogP contribution >= 0.6 is 0 Å². The summed E-state index contributed by atoms with van der Waals surface area (Å²) in [5, 5.41) is 4.49. The van der Waals surface area contributed by atoms with Crippen molar-refractivity contribution in [3.63, 3.8) is 0 Å². The number of para-hydroxylation sites is 1. The Bertz CT molecular complexity index is 3650. The Balaban J connectivity index is 1.22. The second kappa shape index (κ2) is 11.6. The Labute approximate surface area is 335 Å². The summed E-state index contributed by atoms with van der Waals surface area (Å²) in [6, 6.07) is 36.0. The lowest BCUT2D eigenvalue weighted by Crippen LogP contribution is -2.55. The maximum Gasteiger partial charge on any atom is 0.801 e. The Morgan fingerprint density at radius 2 is 0.966 bits per heavy atom. The predicted octanol–water partition coefficient (Wildman–Crippen LogP) is 5.98. The molecule has 4 bridgehead atoms. The quantitative estimate of drug-likeness (QED) is 0.162. The number of nitrogens with zero attached hydrogens (tertiary/aromatic N) is 6. The highest BCUT2D eigenvalue weighted by Gasteiger charge is 2.59. The van der Waals surface area contributed by atoms with E-state index in [2.05, 4.69) is 30.3 Å². The summed E-state index contributed by atoms with van der Waals surface area (Å²) in [6.07, 6.45) is 0. The average Bonchev–Trinajstić information content (AvgIpc) is 3.81. The first-order valence-electron chi connectivity index (χ1n) is 18.4. The minimum Gasteiger partial charge on any atom is -0.495 e. The van der Waals surface area contributed by atoms with Crippen molar-refractivity contribution < 1.29 is 39.6 Å². The van der Waals surface area contributed by atoms with Gasteiger partial charge in [-0.15, -0.1) is 0 Å². The fraction of sp³-hybridized carbons (Fsp3) is 0.0233. The molecule has 16 heteroatoms. The number of amidine groups is 6. The van der Waals surface area contributed by atoms with Crippen molar-refractivity contribution in [1.29, 1.82) is 0 Å². The number of hydrogen-bond donors (Lipinski definition) is 2. The van der Waals surface area contributed by atoms with Crippen molar-refractivity contribution >= 4 is 94.8 Å². The molecule has 0 aromatic heterocycles. The van der Waals surface area contributed by atoms with Crippen LogP contribution in [0.4, 0.5) is 0 Å². The first-order valence-corrected chi connectivity index (χ1v) is 21.3. The highest BCUT2D eigenvalue weighted by atomic mass is 32.2. The highest BCUT2D eigenvalue weighted by molar-refractivity contribution is 7.86. The van der Waals surface area contributed by atoms with Gasteiger partial charge in [0.15, 0.2) is 0 Å². The van der Waals surface area contributed by atoms with Gasteiger partial charge in [-0.05, 0) is 112 Å². The van der Waals surface area contributed by atoms with Crippen LogP contribution < -0.4 is 4.65 Å². The molecule has 5 aliphatic heterocycles. The Morgan fingerprint density at radius 1 is 0.492 bits per heavy atom. The molecule has 0 fully saturated rings. The van der Waals surface area contributed by atoms with Crippen LogP contribution in [-0.2, 0) is 20.2 Å². The molecule has 0 radical (unpaired) electrons. The summed E-state index contributed by atoms with van der Waals surface area (Å²) in [5.74, 6) is 3.25. The van der Waals surface area contributed by atoms with E-state index in [-0.39, 0.29) is 9.79 Å². The van der Waals surface area contributed by atoms with Gasteiger partial charge in [0.25, 0.3) is 43.6 Å². The van der Waals surface area contributed by atoms with Crippen LogP contribution in [0, 0.1) is 6.92 Å². The Hall–Kier alpha value is -6.98. The molecule has 5 aliphatic rings. The number of hydrogen-bond acceptors (Lipinski definition) is 9. The molecular formula is C43H25BN6O7S2+2. The van der Waals surface area contributed by atoms with Gasteiger partial charge in [0.05, 0.1) is 43.2 Å². The third-order valence-corrected chi connectivity index (χ3v) is 13.0. The summed E-state index contributed by atoms with van der Waals surface area (Å²) in [5.41, 5.74) is 5.27. The molecular weight excluding hydrogens is 787 g/mol. The zero-order valence-electron chi connectivity index (χ0n) is 30.6. The number of benzene rings is 7. The van der Waals surface area contributed by atoms with E-state index in [0.29, 0.717) is 84.6 Å². The van der Waals surface area contributed by atoms with Crippen LogP contribution in [0.25, 0.3) is 32.3 Å². The van der Waals surface area contributed by atoms with E-state index in [1.165, 1.54) is 24.3 Å². The van der Waals surface area contributed by atoms with Crippen molar-refractivity contribution in [3.05, 3.63) is 160 Å². The zero-order chi connectivity index (χ0) is 40.1. The summed E-state index contributed by atoms with van der Waals surface area (Å²) < 4.78 is 79.7. The molecule has 2 N–H and O–H groups in total. The van der Waals surface area contributed by atoms with Gasteiger partial charge in [-0.25, -0.2) is 8.97 Å². The number of aryl methyl sites for hydroxylation is 1. The standard InChI is InChI=1S/C43H23BN6O7S2/c1-22-7-8-23-16-32-33(19-26(23)13-22)39-45-38(32)46-40-34-17-24-9-11-31(59(54,55)56)15-28(24)21-37(34)43-48-42-35-18-25-10-12-30(58(51,52)53)14-27(25)20-36(35)41(47-39)50(42)44(49(40)43)57-29-5-3-2-4-6-29/h2-21H,1H3/p+2. The average molecular weight is 813 g/mol. The van der Waals surface area contributed by atoms with Gasteiger partial charge in [0.1, 0.15) is 5.75 Å². The lowest BCUT2D eigenvalue weighted by molar-refractivity contribution is -0.417. The molecule has 0 spiro atoms. The molecule has 59 heavy (non-hydrogen) atoms. The smallest absolute Gasteiger partial charge is 0.495 e. The molecule has 0 unspecified atom stereocenters. The van der Waals surface area contributed by atoms with Crippen LogP contribution in [0.3, 0.4) is 0 Å². The molecule has 13 nitrogen and oxygen atoms in total. The molecule has 0 amide bonds. The first-order chi connectivity index (χ1) is 28.4. The van der Waals surface area contributed by atoms with E-state index in [1.807, 2.05) is 70.5 Å². The van der Waals surface area contributed by atoms with Gasteiger partial charge in [0, 0.05) is 0 Å². The normalized spacial score (nSPS) is 16.2. The minimum absolute atomic E-state index is 0.243. The summed E-state index contributed by atoms with van der Waals surface area (Å²) in [4.78, 5) is 20.6. The van der Waals surface area contributed by atoms with Gasteiger partial charge in [-0.2, -0.15) is 21.8 Å². The summed E-state index contributed by atoms with van der Waals surface area (Å²) >= 11 is 0. The Kier molecular flexibility index (Phi) is 6.69. The SMILES string of the molecule is Cc1ccc2cc3c(cc2c1)C1=NC2=[N+]4B(Oc5ccccc5)[N+]5=C(N=C4c4cc6ccc(S(=O)(=O)O)cc6cc42)c2cc4cc(S(=O)(=O)O)ccc4cc2C5=NC3=N1.